The van der Waals surface area contributed by atoms with Gasteiger partial charge >= 0.3 is 0 Å². The number of carbonyl (C=O) groups excluding carboxylic acids is 1. The van der Waals surface area contributed by atoms with E-state index < -0.39 is 5.91 Å². The third-order valence-corrected chi connectivity index (χ3v) is 0.548. The lowest BCUT2D eigenvalue weighted by atomic mass is 10.6. The average Bonchev–Trinajstić information content (AvgIpc) is 2.43. The fourth-order valence-electron chi connectivity index (χ4n) is 0.176. The standard InChI is InChI=1S/C3H3NO.C3H5NO/c1-2-5-3-4-1;1-2-3(4)5/h1-3H;2H,1H2,(H2,4,5). The molecule has 10 heavy (non-hydrogen) atoms. The first-order chi connectivity index (χ1) is 4.77. The van der Waals surface area contributed by atoms with E-state index in [1.807, 2.05) is 0 Å². The summed E-state index contributed by atoms with van der Waals surface area (Å²) in [6, 6.07) is 0. The first-order valence-corrected chi connectivity index (χ1v) is 2.51. The summed E-state index contributed by atoms with van der Waals surface area (Å²) in [7, 11) is 0. The van der Waals surface area contributed by atoms with Crippen LogP contribution in [0.25, 0.3) is 0 Å². The maximum absolute atomic E-state index is 9.47. The SMILES string of the molecule is C=CC(N)=O.c1cocn1. The van der Waals surface area contributed by atoms with Gasteiger partial charge in [0.1, 0.15) is 6.26 Å². The van der Waals surface area contributed by atoms with Gasteiger partial charge in [-0.3, -0.25) is 4.79 Å². The summed E-state index contributed by atoms with van der Waals surface area (Å²) >= 11 is 0. The van der Waals surface area contributed by atoms with Crippen LogP contribution in [0.3, 0.4) is 0 Å². The number of rotatable bonds is 1. The van der Waals surface area contributed by atoms with Crippen LogP contribution in [0.5, 0.6) is 0 Å². The van der Waals surface area contributed by atoms with E-state index in [9.17, 15) is 4.79 Å². The van der Waals surface area contributed by atoms with Gasteiger partial charge in [-0.15, -0.1) is 0 Å². The predicted molar refractivity (Wildman–Crippen MR) is 35.9 cm³/mol. The van der Waals surface area contributed by atoms with E-state index in [-0.39, 0.29) is 0 Å². The maximum Gasteiger partial charge on any atom is 0.240 e. The molecule has 0 unspecified atom stereocenters. The Balaban J connectivity index is 0.000000162. The fraction of sp³-hybridized carbons (Fsp3) is 0. The number of nitrogens with two attached hydrogens (primary N) is 1. The van der Waals surface area contributed by atoms with Gasteiger partial charge in [-0.2, -0.15) is 0 Å². The number of aromatic nitrogens is 1. The van der Waals surface area contributed by atoms with Crippen molar-refractivity contribution >= 4 is 5.91 Å². The van der Waals surface area contributed by atoms with Gasteiger partial charge in [0, 0.05) is 0 Å². The summed E-state index contributed by atoms with van der Waals surface area (Å²) in [6.07, 6.45) is 5.53. The van der Waals surface area contributed by atoms with Crippen molar-refractivity contribution < 1.29 is 9.21 Å². The summed E-state index contributed by atoms with van der Waals surface area (Å²) in [5.74, 6) is -0.481. The van der Waals surface area contributed by atoms with Crippen LogP contribution >= 0.6 is 0 Å². The number of carbonyl (C=O) groups is 1. The van der Waals surface area contributed by atoms with Crippen molar-refractivity contribution in [1.29, 1.82) is 0 Å². The molecular weight excluding hydrogens is 132 g/mol. The van der Waals surface area contributed by atoms with Crippen LogP contribution in [-0.4, -0.2) is 10.9 Å². The van der Waals surface area contributed by atoms with Crippen LogP contribution in [0.1, 0.15) is 0 Å². The van der Waals surface area contributed by atoms with Gasteiger partial charge in [-0.05, 0) is 6.08 Å². The third-order valence-electron chi connectivity index (χ3n) is 0.548. The number of amides is 1. The van der Waals surface area contributed by atoms with Crippen LogP contribution in [0.2, 0.25) is 0 Å². The molecule has 0 radical (unpaired) electrons. The molecule has 54 valence electrons. The molecule has 0 aliphatic heterocycles. The Hall–Kier alpha value is -1.58. The molecule has 0 saturated heterocycles. The van der Waals surface area contributed by atoms with Gasteiger partial charge in [0.25, 0.3) is 0 Å². The van der Waals surface area contributed by atoms with Crippen molar-refractivity contribution in [2.75, 3.05) is 0 Å². The van der Waals surface area contributed by atoms with Crippen molar-refractivity contribution in [3.8, 4) is 0 Å². The van der Waals surface area contributed by atoms with Crippen molar-refractivity contribution in [1.82, 2.24) is 4.98 Å². The zero-order chi connectivity index (χ0) is 7.82. The number of nitrogens with zero attached hydrogens (tertiary/aromatic N) is 1. The van der Waals surface area contributed by atoms with E-state index in [0.717, 1.165) is 6.08 Å². The molecule has 0 spiro atoms. The van der Waals surface area contributed by atoms with Crippen molar-refractivity contribution in [2.45, 2.75) is 0 Å². The molecule has 0 bridgehead atoms. The van der Waals surface area contributed by atoms with Crippen LogP contribution < -0.4 is 5.73 Å². The number of oxazole rings is 1. The molecule has 0 aromatic carbocycles. The van der Waals surface area contributed by atoms with E-state index in [4.69, 9.17) is 0 Å². The molecule has 2 N–H and O–H groups in total. The Labute approximate surface area is 58.4 Å². The maximum atomic E-state index is 9.47. The van der Waals surface area contributed by atoms with Crippen molar-refractivity contribution in [3.05, 3.63) is 31.5 Å². The Morgan fingerprint density at radius 1 is 1.80 bits per heavy atom. The van der Waals surface area contributed by atoms with E-state index in [0.29, 0.717) is 0 Å². The molecule has 1 aromatic heterocycles. The first-order valence-electron chi connectivity index (χ1n) is 2.51. The zero-order valence-corrected chi connectivity index (χ0v) is 5.36. The lowest BCUT2D eigenvalue weighted by molar-refractivity contribution is -0.113. The highest BCUT2D eigenvalue weighted by Gasteiger charge is 1.69. The van der Waals surface area contributed by atoms with Crippen LogP contribution in [-0.2, 0) is 4.79 Å². The fourth-order valence-corrected chi connectivity index (χ4v) is 0.176. The smallest absolute Gasteiger partial charge is 0.240 e. The predicted octanol–water partition coefficient (Wildman–Crippen LogP) is 0.332. The minimum Gasteiger partial charge on any atom is -0.452 e. The summed E-state index contributed by atoms with van der Waals surface area (Å²) in [6.45, 7) is 3.09. The Kier molecular flexibility index (Phi) is 4.68. The molecule has 1 amide bonds. The molecule has 1 aromatic rings. The second-order valence-corrected chi connectivity index (χ2v) is 1.28. The van der Waals surface area contributed by atoms with Gasteiger partial charge in [0.05, 0.1) is 6.20 Å². The highest BCUT2D eigenvalue weighted by molar-refractivity contribution is 5.84. The van der Waals surface area contributed by atoms with Crippen molar-refractivity contribution in [3.63, 3.8) is 0 Å². The molecule has 0 saturated carbocycles. The molecule has 1 heterocycles. The van der Waals surface area contributed by atoms with Gasteiger partial charge in [0.2, 0.25) is 5.91 Å². The minimum atomic E-state index is -0.481. The quantitative estimate of drug-likeness (QED) is 0.571. The van der Waals surface area contributed by atoms with E-state index in [1.165, 1.54) is 12.7 Å². The molecule has 0 aliphatic carbocycles. The summed E-state index contributed by atoms with van der Waals surface area (Å²) < 4.78 is 4.47. The first kappa shape index (κ1) is 8.42. The van der Waals surface area contributed by atoms with E-state index >= 15 is 0 Å². The van der Waals surface area contributed by atoms with Gasteiger partial charge in [-0.1, -0.05) is 6.58 Å². The van der Waals surface area contributed by atoms with Gasteiger partial charge in [0.15, 0.2) is 6.39 Å². The number of hydrogen-bond acceptors (Lipinski definition) is 3. The molecule has 0 aliphatic rings. The summed E-state index contributed by atoms with van der Waals surface area (Å²) in [5.41, 5.74) is 4.53. The minimum absolute atomic E-state index is 0.481. The Morgan fingerprint density at radius 3 is 2.50 bits per heavy atom. The second-order valence-electron chi connectivity index (χ2n) is 1.28. The Bertz CT molecular complexity index is 164. The lowest BCUT2D eigenvalue weighted by Crippen LogP contribution is -2.04. The average molecular weight is 140 g/mol. The molecule has 4 heteroatoms. The monoisotopic (exact) mass is 140 g/mol. The topological polar surface area (TPSA) is 69.1 Å². The van der Waals surface area contributed by atoms with E-state index in [1.54, 1.807) is 6.20 Å². The van der Waals surface area contributed by atoms with Crippen LogP contribution in [0.4, 0.5) is 0 Å². The van der Waals surface area contributed by atoms with E-state index in [2.05, 4.69) is 21.7 Å². The third kappa shape index (κ3) is 6.42. The second kappa shape index (κ2) is 5.55. The largest absolute Gasteiger partial charge is 0.452 e. The Morgan fingerprint density at radius 2 is 2.40 bits per heavy atom. The summed E-state index contributed by atoms with van der Waals surface area (Å²) in [4.78, 5) is 13.0. The van der Waals surface area contributed by atoms with Gasteiger partial charge in [-0.25, -0.2) is 4.98 Å². The molecule has 0 atom stereocenters. The van der Waals surface area contributed by atoms with Crippen LogP contribution in [0, 0.1) is 0 Å². The molecule has 1 rings (SSSR count). The molecule has 0 fully saturated rings. The normalized spacial score (nSPS) is 7.20. The molecule has 4 nitrogen and oxygen atoms in total. The number of primary amides is 1. The highest BCUT2D eigenvalue weighted by Crippen LogP contribution is 1.72. The number of hydrogen-bond donors (Lipinski definition) is 1. The van der Waals surface area contributed by atoms with Gasteiger partial charge < -0.3 is 10.2 Å². The molecular formula is C6H8N2O2. The lowest BCUT2D eigenvalue weighted by Gasteiger charge is -1.65. The van der Waals surface area contributed by atoms with Crippen molar-refractivity contribution in [2.24, 2.45) is 5.73 Å². The van der Waals surface area contributed by atoms with Crippen LogP contribution in [0.15, 0.2) is 35.9 Å². The summed E-state index contributed by atoms with van der Waals surface area (Å²) in [5, 5.41) is 0. The highest BCUT2D eigenvalue weighted by atomic mass is 16.3. The zero-order valence-electron chi connectivity index (χ0n) is 5.36.